The standard InChI is InChI=1S/C18H16ClF3N2O2/c19-14-4-6-15(7-5-14)24-16(11-23(8-9-25)17(24)26)12-2-1-3-13(10-12)18(20,21)22/h1-7,10,16,25H,8-9,11H2/t16-/m1/s1. The van der Waals surface area contributed by atoms with Crippen LogP contribution in [0, 0.1) is 0 Å². The Kier molecular flexibility index (Phi) is 5.11. The van der Waals surface area contributed by atoms with Gasteiger partial charge in [-0.05, 0) is 42.0 Å². The minimum Gasteiger partial charge on any atom is -0.395 e. The molecule has 1 heterocycles. The number of β-amino-alcohol motifs (C(OH)–C–C–N with tert-alkyl or cyclic N) is 1. The Morgan fingerprint density at radius 2 is 1.85 bits per heavy atom. The molecule has 26 heavy (non-hydrogen) atoms. The number of benzene rings is 2. The average Bonchev–Trinajstić information content (AvgIpc) is 2.92. The van der Waals surface area contributed by atoms with E-state index in [1.54, 1.807) is 30.3 Å². The molecule has 1 fully saturated rings. The molecule has 4 nitrogen and oxygen atoms in total. The second kappa shape index (κ2) is 7.17. The van der Waals surface area contributed by atoms with Crippen molar-refractivity contribution in [3.05, 3.63) is 64.7 Å². The van der Waals surface area contributed by atoms with E-state index in [2.05, 4.69) is 0 Å². The van der Waals surface area contributed by atoms with Crippen LogP contribution in [-0.2, 0) is 6.18 Å². The second-order valence-electron chi connectivity index (χ2n) is 5.94. The van der Waals surface area contributed by atoms with Gasteiger partial charge >= 0.3 is 12.2 Å². The third kappa shape index (κ3) is 3.64. The summed E-state index contributed by atoms with van der Waals surface area (Å²) in [4.78, 5) is 15.6. The molecule has 1 aliphatic rings. The summed E-state index contributed by atoms with van der Waals surface area (Å²) < 4.78 is 39.2. The fourth-order valence-corrected chi connectivity index (χ4v) is 3.16. The molecule has 0 unspecified atom stereocenters. The van der Waals surface area contributed by atoms with Crippen molar-refractivity contribution < 1.29 is 23.1 Å². The average molecular weight is 385 g/mol. The van der Waals surface area contributed by atoms with Gasteiger partial charge in [0, 0.05) is 23.8 Å². The highest BCUT2D eigenvalue weighted by Crippen LogP contribution is 2.37. The zero-order chi connectivity index (χ0) is 18.9. The van der Waals surface area contributed by atoms with Gasteiger partial charge < -0.3 is 10.0 Å². The zero-order valence-electron chi connectivity index (χ0n) is 13.6. The van der Waals surface area contributed by atoms with E-state index in [1.807, 2.05) is 0 Å². The van der Waals surface area contributed by atoms with Crippen LogP contribution >= 0.6 is 11.6 Å². The number of nitrogens with zero attached hydrogens (tertiary/aromatic N) is 2. The summed E-state index contributed by atoms with van der Waals surface area (Å²) in [5.41, 5.74) is 0.143. The number of aliphatic hydroxyl groups excluding tert-OH is 1. The molecule has 2 aromatic rings. The fraction of sp³-hybridized carbons (Fsp3) is 0.278. The first-order chi connectivity index (χ1) is 12.3. The molecule has 0 radical (unpaired) electrons. The van der Waals surface area contributed by atoms with Crippen molar-refractivity contribution in [1.82, 2.24) is 4.90 Å². The summed E-state index contributed by atoms with van der Waals surface area (Å²) in [6.45, 7) is 0.0667. The van der Waals surface area contributed by atoms with E-state index in [0.29, 0.717) is 16.3 Å². The van der Waals surface area contributed by atoms with Crippen LogP contribution in [0.15, 0.2) is 48.5 Å². The Balaban J connectivity index is 2.02. The lowest BCUT2D eigenvalue weighted by Crippen LogP contribution is -2.34. The van der Waals surface area contributed by atoms with Gasteiger partial charge in [-0.1, -0.05) is 23.7 Å². The highest BCUT2D eigenvalue weighted by molar-refractivity contribution is 6.30. The Bertz CT molecular complexity index is 796. The molecule has 138 valence electrons. The predicted octanol–water partition coefficient (Wildman–Crippen LogP) is 4.33. The number of halogens is 4. The topological polar surface area (TPSA) is 43.8 Å². The van der Waals surface area contributed by atoms with Gasteiger partial charge in [-0.3, -0.25) is 4.90 Å². The van der Waals surface area contributed by atoms with E-state index < -0.39 is 17.8 Å². The molecule has 0 saturated carbocycles. The van der Waals surface area contributed by atoms with E-state index in [0.717, 1.165) is 12.1 Å². The van der Waals surface area contributed by atoms with Gasteiger partial charge in [0.05, 0.1) is 18.2 Å². The lowest BCUT2D eigenvalue weighted by molar-refractivity contribution is -0.137. The second-order valence-corrected chi connectivity index (χ2v) is 6.37. The minimum absolute atomic E-state index is 0.110. The monoisotopic (exact) mass is 384 g/mol. The molecule has 0 aromatic heterocycles. The number of aliphatic hydroxyl groups is 1. The maximum atomic E-state index is 13.1. The predicted molar refractivity (Wildman–Crippen MR) is 92.2 cm³/mol. The molecule has 1 saturated heterocycles. The number of hydrogen-bond acceptors (Lipinski definition) is 2. The van der Waals surface area contributed by atoms with Crippen LogP contribution in [0.5, 0.6) is 0 Å². The van der Waals surface area contributed by atoms with Gasteiger partial charge in [-0.25, -0.2) is 4.79 Å². The largest absolute Gasteiger partial charge is 0.416 e. The van der Waals surface area contributed by atoms with Crippen molar-refractivity contribution >= 4 is 23.3 Å². The molecular formula is C18H16ClF3N2O2. The lowest BCUT2D eigenvalue weighted by Gasteiger charge is -2.24. The van der Waals surface area contributed by atoms with E-state index in [-0.39, 0.29) is 25.7 Å². The van der Waals surface area contributed by atoms with Crippen LogP contribution in [-0.4, -0.2) is 35.7 Å². The van der Waals surface area contributed by atoms with E-state index in [1.165, 1.54) is 15.9 Å². The van der Waals surface area contributed by atoms with Gasteiger partial charge in [0.1, 0.15) is 0 Å². The number of amides is 2. The maximum absolute atomic E-state index is 13.1. The summed E-state index contributed by atoms with van der Waals surface area (Å²) in [6.07, 6.45) is -4.46. The number of anilines is 1. The lowest BCUT2D eigenvalue weighted by atomic mass is 10.0. The number of alkyl halides is 3. The highest BCUT2D eigenvalue weighted by Gasteiger charge is 2.40. The number of carbonyl (C=O) groups is 1. The Morgan fingerprint density at radius 1 is 1.15 bits per heavy atom. The van der Waals surface area contributed by atoms with Gasteiger partial charge in [0.15, 0.2) is 0 Å². The van der Waals surface area contributed by atoms with Crippen molar-refractivity contribution in [1.29, 1.82) is 0 Å². The van der Waals surface area contributed by atoms with Crippen LogP contribution in [0.3, 0.4) is 0 Å². The SMILES string of the molecule is O=C1N(CCO)C[C@H](c2cccc(C(F)(F)F)c2)N1c1ccc(Cl)cc1. The molecule has 1 N–H and O–H groups in total. The van der Waals surface area contributed by atoms with Crippen LogP contribution < -0.4 is 4.90 Å². The van der Waals surface area contributed by atoms with Crippen LogP contribution in [0.2, 0.25) is 5.02 Å². The van der Waals surface area contributed by atoms with Crippen molar-refractivity contribution in [3.63, 3.8) is 0 Å². The Morgan fingerprint density at radius 3 is 2.46 bits per heavy atom. The quantitative estimate of drug-likeness (QED) is 0.852. The van der Waals surface area contributed by atoms with E-state index >= 15 is 0 Å². The van der Waals surface area contributed by atoms with Crippen molar-refractivity contribution in [2.45, 2.75) is 12.2 Å². The molecule has 0 spiro atoms. The summed E-state index contributed by atoms with van der Waals surface area (Å²) in [6, 6.07) is 10.5. The molecule has 1 aliphatic heterocycles. The molecule has 0 bridgehead atoms. The van der Waals surface area contributed by atoms with Gasteiger partial charge in [0.2, 0.25) is 0 Å². The smallest absolute Gasteiger partial charge is 0.395 e. The fourth-order valence-electron chi connectivity index (χ4n) is 3.03. The van der Waals surface area contributed by atoms with Gasteiger partial charge in [-0.15, -0.1) is 0 Å². The van der Waals surface area contributed by atoms with Crippen LogP contribution in [0.25, 0.3) is 0 Å². The number of rotatable bonds is 4. The molecule has 2 aromatic carbocycles. The van der Waals surface area contributed by atoms with Crippen molar-refractivity contribution in [2.75, 3.05) is 24.6 Å². The molecule has 3 rings (SSSR count). The third-order valence-corrected chi connectivity index (χ3v) is 4.51. The molecular weight excluding hydrogens is 369 g/mol. The first-order valence-electron chi connectivity index (χ1n) is 7.93. The molecule has 2 amide bonds. The summed E-state index contributed by atoms with van der Waals surface area (Å²) >= 11 is 5.89. The van der Waals surface area contributed by atoms with Crippen LogP contribution in [0.1, 0.15) is 17.2 Å². The van der Waals surface area contributed by atoms with Crippen molar-refractivity contribution in [3.8, 4) is 0 Å². The first-order valence-corrected chi connectivity index (χ1v) is 8.31. The van der Waals surface area contributed by atoms with Gasteiger partial charge in [-0.2, -0.15) is 13.2 Å². The number of hydrogen-bond donors (Lipinski definition) is 1. The Hall–Kier alpha value is -2.25. The van der Waals surface area contributed by atoms with Gasteiger partial charge in [0.25, 0.3) is 0 Å². The summed E-state index contributed by atoms with van der Waals surface area (Å²) in [5, 5.41) is 9.66. The van der Waals surface area contributed by atoms with E-state index in [4.69, 9.17) is 16.7 Å². The molecule has 8 heteroatoms. The molecule has 1 atom stereocenters. The normalized spacial score (nSPS) is 17.9. The summed E-state index contributed by atoms with van der Waals surface area (Å²) in [5.74, 6) is 0. The Labute approximate surface area is 153 Å². The zero-order valence-corrected chi connectivity index (χ0v) is 14.3. The summed E-state index contributed by atoms with van der Waals surface area (Å²) in [7, 11) is 0. The molecule has 0 aliphatic carbocycles. The van der Waals surface area contributed by atoms with Crippen molar-refractivity contribution in [2.24, 2.45) is 0 Å². The first kappa shape index (κ1) is 18.5. The third-order valence-electron chi connectivity index (χ3n) is 4.26. The number of carbonyl (C=O) groups excluding carboxylic acids is 1. The number of urea groups is 1. The minimum atomic E-state index is -4.46. The van der Waals surface area contributed by atoms with E-state index in [9.17, 15) is 18.0 Å². The van der Waals surface area contributed by atoms with Crippen LogP contribution in [0.4, 0.5) is 23.7 Å². The highest BCUT2D eigenvalue weighted by atomic mass is 35.5. The maximum Gasteiger partial charge on any atom is 0.416 e.